The summed E-state index contributed by atoms with van der Waals surface area (Å²) in [6.45, 7) is 4.32. The van der Waals surface area contributed by atoms with Gasteiger partial charge in [0, 0.05) is 22.5 Å². The molecule has 0 bridgehead atoms. The third-order valence-electron chi connectivity index (χ3n) is 3.53. The van der Waals surface area contributed by atoms with Gasteiger partial charge in [0.05, 0.1) is 0 Å². The standard InChI is InChI=1S/C14H20N2OS/c1-10-5-3-6-11(2)16(10)15-14(17)12-7-4-8-13(18)9-12/h4,7-11,18H,3,5-6H2,1-2H3,(H,15,17). The molecule has 1 saturated heterocycles. The van der Waals surface area contributed by atoms with Crippen LogP contribution in [0.1, 0.15) is 43.5 Å². The summed E-state index contributed by atoms with van der Waals surface area (Å²) in [4.78, 5) is 13.0. The molecule has 3 nitrogen and oxygen atoms in total. The van der Waals surface area contributed by atoms with E-state index in [2.05, 4.69) is 36.9 Å². The highest BCUT2D eigenvalue weighted by Crippen LogP contribution is 2.20. The van der Waals surface area contributed by atoms with Gasteiger partial charge in [-0.25, -0.2) is 5.01 Å². The Kier molecular flexibility index (Phi) is 4.30. The van der Waals surface area contributed by atoms with E-state index in [4.69, 9.17) is 0 Å². The van der Waals surface area contributed by atoms with Gasteiger partial charge in [0.2, 0.25) is 0 Å². The van der Waals surface area contributed by atoms with E-state index in [0.717, 1.165) is 17.7 Å². The van der Waals surface area contributed by atoms with E-state index in [1.54, 1.807) is 6.07 Å². The maximum atomic E-state index is 12.2. The van der Waals surface area contributed by atoms with Gasteiger partial charge in [0.15, 0.2) is 0 Å². The quantitative estimate of drug-likeness (QED) is 0.805. The molecule has 4 heteroatoms. The van der Waals surface area contributed by atoms with Crippen LogP contribution in [0.5, 0.6) is 0 Å². The highest BCUT2D eigenvalue weighted by Gasteiger charge is 2.26. The van der Waals surface area contributed by atoms with Crippen molar-refractivity contribution in [2.45, 2.75) is 50.1 Å². The van der Waals surface area contributed by atoms with Crippen LogP contribution >= 0.6 is 12.6 Å². The van der Waals surface area contributed by atoms with Crippen LogP contribution < -0.4 is 5.43 Å². The van der Waals surface area contributed by atoms with E-state index in [-0.39, 0.29) is 5.91 Å². The molecule has 2 rings (SSSR count). The first-order chi connectivity index (χ1) is 8.58. The normalized spacial score (nSPS) is 24.8. The first kappa shape index (κ1) is 13.4. The molecule has 1 aliphatic heterocycles. The van der Waals surface area contributed by atoms with Crippen LogP contribution in [-0.4, -0.2) is 23.0 Å². The molecular weight excluding hydrogens is 244 g/mol. The van der Waals surface area contributed by atoms with Crippen LogP contribution in [0, 0.1) is 0 Å². The smallest absolute Gasteiger partial charge is 0.265 e. The number of hydrazine groups is 1. The number of piperidine rings is 1. The number of nitrogens with zero attached hydrogens (tertiary/aromatic N) is 1. The van der Waals surface area contributed by atoms with E-state index in [1.165, 1.54) is 6.42 Å². The maximum Gasteiger partial charge on any atom is 0.265 e. The molecule has 1 aliphatic rings. The van der Waals surface area contributed by atoms with Crippen molar-refractivity contribution in [3.05, 3.63) is 29.8 Å². The Balaban J connectivity index is 2.06. The minimum Gasteiger partial charge on any atom is -0.284 e. The van der Waals surface area contributed by atoms with Crippen molar-refractivity contribution < 1.29 is 4.79 Å². The molecule has 0 saturated carbocycles. The fourth-order valence-corrected chi connectivity index (χ4v) is 2.70. The zero-order valence-corrected chi connectivity index (χ0v) is 11.8. The third-order valence-corrected chi connectivity index (χ3v) is 3.81. The second-order valence-electron chi connectivity index (χ2n) is 5.03. The highest BCUT2D eigenvalue weighted by atomic mass is 32.1. The fourth-order valence-electron chi connectivity index (χ4n) is 2.47. The van der Waals surface area contributed by atoms with Gasteiger partial charge in [0.1, 0.15) is 0 Å². The number of carbonyl (C=O) groups excluding carboxylic acids is 1. The van der Waals surface area contributed by atoms with Crippen LogP contribution in [-0.2, 0) is 0 Å². The summed E-state index contributed by atoms with van der Waals surface area (Å²) in [5.74, 6) is -0.0495. The van der Waals surface area contributed by atoms with Crippen molar-refractivity contribution in [3.63, 3.8) is 0 Å². The lowest BCUT2D eigenvalue weighted by atomic mass is 10.00. The van der Waals surface area contributed by atoms with Gasteiger partial charge in [-0.2, -0.15) is 0 Å². The van der Waals surface area contributed by atoms with Gasteiger partial charge in [-0.05, 0) is 44.9 Å². The Bertz CT molecular complexity index is 426. The number of nitrogens with one attached hydrogen (secondary N) is 1. The second-order valence-corrected chi connectivity index (χ2v) is 5.54. The van der Waals surface area contributed by atoms with Crippen molar-refractivity contribution in [2.24, 2.45) is 0 Å². The lowest BCUT2D eigenvalue weighted by Gasteiger charge is -2.38. The molecule has 0 aliphatic carbocycles. The van der Waals surface area contributed by atoms with Crippen molar-refractivity contribution in [3.8, 4) is 0 Å². The first-order valence-corrected chi connectivity index (χ1v) is 6.91. The maximum absolute atomic E-state index is 12.2. The topological polar surface area (TPSA) is 32.3 Å². The lowest BCUT2D eigenvalue weighted by molar-refractivity contribution is 0.0369. The number of hydrogen-bond acceptors (Lipinski definition) is 3. The SMILES string of the molecule is CC1CCCC(C)N1NC(=O)c1cccc(S)c1. The van der Waals surface area contributed by atoms with Gasteiger partial charge in [-0.3, -0.25) is 10.2 Å². The van der Waals surface area contributed by atoms with Gasteiger partial charge in [-0.1, -0.05) is 12.5 Å². The van der Waals surface area contributed by atoms with Gasteiger partial charge < -0.3 is 0 Å². The molecule has 1 fully saturated rings. The Hall–Kier alpha value is -1.00. The molecule has 1 heterocycles. The molecule has 0 radical (unpaired) electrons. The molecule has 1 aromatic rings. The van der Waals surface area contributed by atoms with Crippen molar-refractivity contribution in [2.75, 3.05) is 0 Å². The van der Waals surface area contributed by atoms with E-state index in [1.807, 2.05) is 18.2 Å². The molecule has 1 aromatic carbocycles. The monoisotopic (exact) mass is 264 g/mol. The predicted octanol–water partition coefficient (Wildman–Crippen LogP) is 2.88. The number of benzene rings is 1. The zero-order valence-electron chi connectivity index (χ0n) is 10.9. The van der Waals surface area contributed by atoms with E-state index >= 15 is 0 Å². The van der Waals surface area contributed by atoms with Crippen LogP contribution in [0.2, 0.25) is 0 Å². The summed E-state index contributed by atoms with van der Waals surface area (Å²) in [6.07, 6.45) is 3.51. The number of hydrogen-bond donors (Lipinski definition) is 2. The largest absolute Gasteiger partial charge is 0.284 e. The molecule has 0 spiro atoms. The summed E-state index contributed by atoms with van der Waals surface area (Å²) in [7, 11) is 0. The van der Waals surface area contributed by atoms with Gasteiger partial charge >= 0.3 is 0 Å². The number of thiol groups is 1. The molecule has 1 amide bonds. The van der Waals surface area contributed by atoms with Crippen molar-refractivity contribution >= 4 is 18.5 Å². The summed E-state index contributed by atoms with van der Waals surface area (Å²) in [6, 6.07) is 8.12. The fraction of sp³-hybridized carbons (Fsp3) is 0.500. The summed E-state index contributed by atoms with van der Waals surface area (Å²) in [5.41, 5.74) is 3.68. The van der Waals surface area contributed by atoms with Gasteiger partial charge in [-0.15, -0.1) is 12.6 Å². The van der Waals surface area contributed by atoms with Crippen molar-refractivity contribution in [1.82, 2.24) is 10.4 Å². The van der Waals surface area contributed by atoms with E-state index in [0.29, 0.717) is 17.6 Å². The molecule has 18 heavy (non-hydrogen) atoms. The van der Waals surface area contributed by atoms with Crippen LogP contribution in [0.3, 0.4) is 0 Å². The molecule has 1 N–H and O–H groups in total. The third kappa shape index (κ3) is 3.06. The molecule has 2 unspecified atom stereocenters. The number of amides is 1. The van der Waals surface area contributed by atoms with Crippen LogP contribution in [0.4, 0.5) is 0 Å². The molecule has 98 valence electrons. The average Bonchev–Trinajstić information content (AvgIpc) is 2.34. The van der Waals surface area contributed by atoms with Crippen LogP contribution in [0.15, 0.2) is 29.2 Å². The Morgan fingerprint density at radius 2 is 2.00 bits per heavy atom. The lowest BCUT2D eigenvalue weighted by Crippen LogP contribution is -2.54. The zero-order chi connectivity index (χ0) is 13.1. The first-order valence-electron chi connectivity index (χ1n) is 6.46. The van der Waals surface area contributed by atoms with Crippen molar-refractivity contribution in [1.29, 1.82) is 0 Å². The highest BCUT2D eigenvalue weighted by molar-refractivity contribution is 7.80. The Labute approximate surface area is 114 Å². The average molecular weight is 264 g/mol. The molecule has 2 atom stereocenters. The Morgan fingerprint density at radius 1 is 1.33 bits per heavy atom. The number of rotatable bonds is 2. The van der Waals surface area contributed by atoms with E-state index < -0.39 is 0 Å². The Morgan fingerprint density at radius 3 is 2.61 bits per heavy atom. The second kappa shape index (κ2) is 5.76. The van der Waals surface area contributed by atoms with Crippen LogP contribution in [0.25, 0.3) is 0 Å². The minimum absolute atomic E-state index is 0.0495. The predicted molar refractivity (Wildman–Crippen MR) is 75.8 cm³/mol. The summed E-state index contributed by atoms with van der Waals surface area (Å²) >= 11 is 4.26. The van der Waals surface area contributed by atoms with Gasteiger partial charge in [0.25, 0.3) is 5.91 Å². The minimum atomic E-state index is -0.0495. The van der Waals surface area contributed by atoms with E-state index in [9.17, 15) is 4.79 Å². The molecular formula is C14H20N2OS. The summed E-state index contributed by atoms with van der Waals surface area (Å²) in [5, 5.41) is 2.08. The number of carbonyl (C=O) groups is 1. The molecule has 0 aromatic heterocycles. The summed E-state index contributed by atoms with van der Waals surface area (Å²) < 4.78 is 0.